The Morgan fingerprint density at radius 1 is 1.39 bits per heavy atom. The van der Waals surface area contributed by atoms with Gasteiger partial charge in [-0.3, -0.25) is 4.79 Å². The third kappa shape index (κ3) is 2.27. The number of hydrogen-bond donors (Lipinski definition) is 1. The lowest BCUT2D eigenvalue weighted by molar-refractivity contribution is -0.138. The van der Waals surface area contributed by atoms with Gasteiger partial charge in [-0.2, -0.15) is 0 Å². The molecule has 1 aromatic heterocycles. The van der Waals surface area contributed by atoms with Crippen LogP contribution in [0.15, 0.2) is 36.8 Å². The maximum Gasteiger partial charge on any atom is 0.310 e. The molecule has 1 N–H and O–H groups in total. The summed E-state index contributed by atoms with van der Waals surface area (Å²) in [6, 6.07) is 7.61. The molecule has 0 saturated heterocycles. The number of benzene rings is 1. The highest BCUT2D eigenvalue weighted by molar-refractivity contribution is 5.76. The summed E-state index contributed by atoms with van der Waals surface area (Å²) in [5.41, 5.74) is 2.91. The number of carboxylic acids is 1. The van der Waals surface area contributed by atoms with Crippen molar-refractivity contribution in [1.29, 1.82) is 0 Å². The SMILES string of the molecule is CCn1cncc1-c1ccc(C(C)C(=O)O)cc1. The predicted molar refractivity (Wildman–Crippen MR) is 69.4 cm³/mol. The smallest absolute Gasteiger partial charge is 0.310 e. The molecule has 2 rings (SSSR count). The van der Waals surface area contributed by atoms with E-state index >= 15 is 0 Å². The van der Waals surface area contributed by atoms with Crippen molar-refractivity contribution in [2.45, 2.75) is 26.3 Å². The van der Waals surface area contributed by atoms with Gasteiger partial charge in [0.25, 0.3) is 0 Å². The average Bonchev–Trinajstić information content (AvgIpc) is 2.86. The van der Waals surface area contributed by atoms with Crippen LogP contribution in [0.3, 0.4) is 0 Å². The maximum atomic E-state index is 10.9. The minimum Gasteiger partial charge on any atom is -0.481 e. The number of rotatable bonds is 4. The zero-order chi connectivity index (χ0) is 13.1. The minimum absolute atomic E-state index is 0.477. The summed E-state index contributed by atoms with van der Waals surface area (Å²) >= 11 is 0. The van der Waals surface area contributed by atoms with Gasteiger partial charge in [0.1, 0.15) is 0 Å². The van der Waals surface area contributed by atoms with Crippen molar-refractivity contribution in [2.24, 2.45) is 0 Å². The number of aryl methyl sites for hydroxylation is 1. The van der Waals surface area contributed by atoms with Crippen molar-refractivity contribution in [3.63, 3.8) is 0 Å². The van der Waals surface area contributed by atoms with Crippen LogP contribution in [0.4, 0.5) is 0 Å². The monoisotopic (exact) mass is 244 g/mol. The van der Waals surface area contributed by atoms with Crippen LogP contribution in [0.25, 0.3) is 11.3 Å². The first-order valence-electron chi connectivity index (χ1n) is 5.96. The molecule has 1 heterocycles. The summed E-state index contributed by atoms with van der Waals surface area (Å²) in [6.45, 7) is 4.61. The van der Waals surface area contributed by atoms with E-state index in [0.717, 1.165) is 23.4 Å². The van der Waals surface area contributed by atoms with Crippen molar-refractivity contribution in [1.82, 2.24) is 9.55 Å². The number of carbonyl (C=O) groups is 1. The standard InChI is InChI=1S/C14H16N2O2/c1-3-16-9-15-8-13(16)12-6-4-11(5-7-12)10(2)14(17)18/h4-10H,3H2,1-2H3,(H,17,18). The van der Waals surface area contributed by atoms with Gasteiger partial charge in [-0.15, -0.1) is 0 Å². The first kappa shape index (κ1) is 12.4. The van der Waals surface area contributed by atoms with Crippen LogP contribution in [0.5, 0.6) is 0 Å². The summed E-state index contributed by atoms with van der Waals surface area (Å²) in [6.07, 6.45) is 3.61. The lowest BCUT2D eigenvalue weighted by atomic mass is 9.99. The third-order valence-corrected chi connectivity index (χ3v) is 3.13. The molecule has 18 heavy (non-hydrogen) atoms. The van der Waals surface area contributed by atoms with Crippen LogP contribution in [0.1, 0.15) is 25.3 Å². The van der Waals surface area contributed by atoms with Crippen molar-refractivity contribution in [2.75, 3.05) is 0 Å². The number of aliphatic carboxylic acids is 1. The van der Waals surface area contributed by atoms with E-state index in [4.69, 9.17) is 5.11 Å². The van der Waals surface area contributed by atoms with Gasteiger partial charge >= 0.3 is 5.97 Å². The van der Waals surface area contributed by atoms with Gasteiger partial charge < -0.3 is 9.67 Å². The van der Waals surface area contributed by atoms with E-state index in [9.17, 15) is 4.79 Å². The molecule has 0 fully saturated rings. The Kier molecular flexibility index (Phi) is 3.46. The first-order valence-corrected chi connectivity index (χ1v) is 5.96. The van der Waals surface area contributed by atoms with Crippen LogP contribution >= 0.6 is 0 Å². The van der Waals surface area contributed by atoms with Gasteiger partial charge in [-0.05, 0) is 25.0 Å². The summed E-state index contributed by atoms with van der Waals surface area (Å²) < 4.78 is 2.05. The summed E-state index contributed by atoms with van der Waals surface area (Å²) in [5.74, 6) is -1.28. The molecule has 0 aliphatic rings. The highest BCUT2D eigenvalue weighted by Gasteiger charge is 2.13. The molecule has 2 aromatic rings. The molecule has 4 nitrogen and oxygen atoms in total. The molecule has 0 spiro atoms. The van der Waals surface area contributed by atoms with Crippen molar-refractivity contribution >= 4 is 5.97 Å². The number of nitrogens with zero attached hydrogens (tertiary/aromatic N) is 2. The topological polar surface area (TPSA) is 55.1 Å². The van der Waals surface area contributed by atoms with Crippen molar-refractivity contribution in [3.05, 3.63) is 42.4 Å². The third-order valence-electron chi connectivity index (χ3n) is 3.13. The highest BCUT2D eigenvalue weighted by Crippen LogP contribution is 2.22. The van der Waals surface area contributed by atoms with Gasteiger partial charge in [-0.25, -0.2) is 4.98 Å². The van der Waals surface area contributed by atoms with E-state index in [0.29, 0.717) is 0 Å². The molecule has 0 aliphatic heterocycles. The number of hydrogen-bond acceptors (Lipinski definition) is 2. The van der Waals surface area contributed by atoms with Crippen LogP contribution in [0.2, 0.25) is 0 Å². The van der Waals surface area contributed by atoms with Gasteiger partial charge in [-0.1, -0.05) is 24.3 Å². The summed E-state index contributed by atoms with van der Waals surface area (Å²) in [7, 11) is 0. The quantitative estimate of drug-likeness (QED) is 0.899. The number of carboxylic acid groups (broad SMARTS) is 1. The zero-order valence-corrected chi connectivity index (χ0v) is 10.5. The van der Waals surface area contributed by atoms with E-state index in [1.165, 1.54) is 0 Å². The largest absolute Gasteiger partial charge is 0.481 e. The second kappa shape index (κ2) is 5.04. The first-order chi connectivity index (χ1) is 8.63. The Labute approximate surface area is 106 Å². The molecular formula is C14H16N2O2. The van der Waals surface area contributed by atoms with E-state index < -0.39 is 11.9 Å². The Morgan fingerprint density at radius 2 is 2.06 bits per heavy atom. The molecular weight excluding hydrogens is 228 g/mol. The van der Waals surface area contributed by atoms with E-state index in [2.05, 4.69) is 16.5 Å². The molecule has 94 valence electrons. The minimum atomic E-state index is -0.804. The molecule has 0 aliphatic carbocycles. The second-order valence-electron chi connectivity index (χ2n) is 4.25. The lowest BCUT2D eigenvalue weighted by Gasteiger charge is -2.09. The maximum absolute atomic E-state index is 10.9. The normalized spacial score (nSPS) is 12.3. The summed E-state index contributed by atoms with van der Waals surface area (Å²) in [4.78, 5) is 15.0. The Balaban J connectivity index is 2.30. The van der Waals surface area contributed by atoms with Crippen LogP contribution in [-0.2, 0) is 11.3 Å². The molecule has 4 heteroatoms. The van der Waals surface area contributed by atoms with Crippen LogP contribution in [-0.4, -0.2) is 20.6 Å². The van der Waals surface area contributed by atoms with Gasteiger partial charge in [0.05, 0.1) is 24.1 Å². The molecule has 1 atom stereocenters. The van der Waals surface area contributed by atoms with Gasteiger partial charge in [0, 0.05) is 6.54 Å². The lowest BCUT2D eigenvalue weighted by Crippen LogP contribution is -2.07. The Bertz CT molecular complexity index is 543. The molecule has 0 radical (unpaired) electrons. The number of imidazole rings is 1. The van der Waals surface area contributed by atoms with Crippen LogP contribution in [0, 0.1) is 0 Å². The Hall–Kier alpha value is -2.10. The van der Waals surface area contributed by atoms with Crippen LogP contribution < -0.4 is 0 Å². The van der Waals surface area contributed by atoms with E-state index in [1.54, 1.807) is 13.3 Å². The fourth-order valence-electron chi connectivity index (χ4n) is 1.90. The highest BCUT2D eigenvalue weighted by atomic mass is 16.4. The fourth-order valence-corrected chi connectivity index (χ4v) is 1.90. The molecule has 1 unspecified atom stereocenters. The average molecular weight is 244 g/mol. The van der Waals surface area contributed by atoms with Crippen molar-refractivity contribution < 1.29 is 9.90 Å². The molecule has 1 aromatic carbocycles. The van der Waals surface area contributed by atoms with Gasteiger partial charge in [0.15, 0.2) is 0 Å². The molecule has 0 amide bonds. The van der Waals surface area contributed by atoms with E-state index in [-0.39, 0.29) is 0 Å². The molecule has 0 saturated carbocycles. The predicted octanol–water partition coefficient (Wildman–Crippen LogP) is 2.76. The molecule has 0 bridgehead atoms. The Morgan fingerprint density at radius 3 is 2.61 bits per heavy atom. The van der Waals surface area contributed by atoms with E-state index in [1.807, 2.05) is 30.5 Å². The number of aromatic nitrogens is 2. The fraction of sp³-hybridized carbons (Fsp3) is 0.286. The summed E-state index contributed by atoms with van der Waals surface area (Å²) in [5, 5.41) is 8.96. The van der Waals surface area contributed by atoms with Crippen molar-refractivity contribution in [3.8, 4) is 11.3 Å². The zero-order valence-electron chi connectivity index (χ0n) is 10.5. The van der Waals surface area contributed by atoms with Gasteiger partial charge in [0.2, 0.25) is 0 Å². The second-order valence-corrected chi connectivity index (χ2v) is 4.25.